The van der Waals surface area contributed by atoms with Gasteiger partial charge in [-0.15, -0.1) is 0 Å². The normalized spacial score (nSPS) is 20.2. The number of carbonyl (C=O) groups excluding carboxylic acids is 2. The van der Waals surface area contributed by atoms with Crippen LogP contribution < -0.4 is 14.4 Å². The van der Waals surface area contributed by atoms with Gasteiger partial charge in [0.2, 0.25) is 0 Å². The Balaban J connectivity index is 1.71. The monoisotopic (exact) mass is 407 g/mol. The number of esters is 1. The molecule has 0 radical (unpaired) electrons. The van der Waals surface area contributed by atoms with Gasteiger partial charge in [0, 0.05) is 30.6 Å². The van der Waals surface area contributed by atoms with Crippen LogP contribution in [0.25, 0.3) is 0 Å². The van der Waals surface area contributed by atoms with E-state index in [1.54, 1.807) is 0 Å². The van der Waals surface area contributed by atoms with Crippen LogP contribution in [0.5, 0.6) is 11.5 Å². The second-order valence-electron chi connectivity index (χ2n) is 8.68. The van der Waals surface area contributed by atoms with E-state index in [9.17, 15) is 9.59 Å². The summed E-state index contributed by atoms with van der Waals surface area (Å²) >= 11 is 0. The third-order valence-corrected chi connectivity index (χ3v) is 6.35. The third-order valence-electron chi connectivity index (χ3n) is 6.35. The van der Waals surface area contributed by atoms with E-state index in [0.717, 1.165) is 46.5 Å². The first-order valence-electron chi connectivity index (χ1n) is 10.6. The zero-order valence-electron chi connectivity index (χ0n) is 18.4. The molecular weight excluding hydrogens is 378 g/mol. The van der Waals surface area contributed by atoms with Crippen molar-refractivity contribution in [3.05, 3.63) is 52.6 Å². The highest BCUT2D eigenvalue weighted by atomic mass is 16.5. The number of para-hydroxylation sites is 1. The van der Waals surface area contributed by atoms with Gasteiger partial charge in [-0.25, -0.2) is 0 Å². The van der Waals surface area contributed by atoms with Crippen LogP contribution in [0.3, 0.4) is 0 Å². The summed E-state index contributed by atoms with van der Waals surface area (Å²) in [5.74, 6) is 1.05. The molecule has 0 aromatic heterocycles. The average Bonchev–Trinajstić information content (AvgIpc) is 3.55. The van der Waals surface area contributed by atoms with E-state index in [1.165, 1.54) is 6.92 Å². The Morgan fingerprint density at radius 3 is 2.33 bits per heavy atom. The molecule has 1 amide bonds. The van der Waals surface area contributed by atoms with Gasteiger partial charge in [-0.05, 0) is 75.8 Å². The van der Waals surface area contributed by atoms with Crippen molar-refractivity contribution in [1.82, 2.24) is 0 Å². The summed E-state index contributed by atoms with van der Waals surface area (Å²) in [5, 5.41) is 0. The molecule has 158 valence electrons. The number of benzene rings is 2. The van der Waals surface area contributed by atoms with Crippen molar-refractivity contribution in [1.29, 1.82) is 0 Å². The van der Waals surface area contributed by atoms with Gasteiger partial charge in [0.15, 0.2) is 5.60 Å². The molecule has 2 aromatic carbocycles. The lowest BCUT2D eigenvalue weighted by Gasteiger charge is -2.40. The van der Waals surface area contributed by atoms with Crippen LogP contribution >= 0.6 is 0 Å². The van der Waals surface area contributed by atoms with Crippen LogP contribution in [-0.2, 0) is 16.0 Å². The van der Waals surface area contributed by atoms with E-state index in [-0.39, 0.29) is 17.9 Å². The molecule has 2 aromatic rings. The predicted octanol–water partition coefficient (Wildman–Crippen LogP) is 4.82. The lowest BCUT2D eigenvalue weighted by molar-refractivity contribution is -0.134. The SMILES string of the molecule is CC(=O)Oc1c(C)c(C)c2c(c1C)CCC(C)(C(=O)N(c1ccccc1)C1CC1)O2. The van der Waals surface area contributed by atoms with E-state index in [4.69, 9.17) is 9.47 Å². The molecule has 5 heteroatoms. The number of ether oxygens (including phenoxy) is 2. The molecule has 1 atom stereocenters. The first-order chi connectivity index (χ1) is 14.2. The molecule has 1 aliphatic carbocycles. The summed E-state index contributed by atoms with van der Waals surface area (Å²) < 4.78 is 12.0. The quantitative estimate of drug-likeness (QED) is 0.539. The second-order valence-corrected chi connectivity index (χ2v) is 8.68. The molecule has 0 saturated heterocycles. The molecule has 1 saturated carbocycles. The van der Waals surface area contributed by atoms with Crippen molar-refractivity contribution in [2.45, 2.75) is 71.9 Å². The molecule has 1 fully saturated rings. The fraction of sp³-hybridized carbons (Fsp3) is 0.440. The van der Waals surface area contributed by atoms with Gasteiger partial charge < -0.3 is 14.4 Å². The minimum atomic E-state index is -0.933. The molecular formula is C25H29NO4. The summed E-state index contributed by atoms with van der Waals surface area (Å²) in [5.41, 5.74) is 3.73. The van der Waals surface area contributed by atoms with Crippen LogP contribution in [-0.4, -0.2) is 23.5 Å². The molecule has 2 aliphatic rings. The molecule has 5 nitrogen and oxygen atoms in total. The number of nitrogens with zero attached hydrogens (tertiary/aromatic N) is 1. The predicted molar refractivity (Wildman–Crippen MR) is 116 cm³/mol. The van der Waals surface area contributed by atoms with Gasteiger partial charge in [0.1, 0.15) is 11.5 Å². The largest absolute Gasteiger partial charge is 0.477 e. The summed E-state index contributed by atoms with van der Waals surface area (Å²) in [6.45, 7) is 9.17. The molecule has 0 spiro atoms. The van der Waals surface area contributed by atoms with Crippen molar-refractivity contribution in [3.8, 4) is 11.5 Å². The van der Waals surface area contributed by atoms with E-state index < -0.39 is 5.60 Å². The van der Waals surface area contributed by atoms with Crippen LogP contribution in [0, 0.1) is 20.8 Å². The smallest absolute Gasteiger partial charge is 0.308 e. The number of rotatable bonds is 4. The van der Waals surface area contributed by atoms with Crippen LogP contribution in [0.2, 0.25) is 0 Å². The van der Waals surface area contributed by atoms with Crippen molar-refractivity contribution in [2.75, 3.05) is 4.90 Å². The summed E-state index contributed by atoms with van der Waals surface area (Å²) in [4.78, 5) is 27.2. The fourth-order valence-electron chi connectivity index (χ4n) is 4.35. The number of fused-ring (bicyclic) bond motifs is 1. The number of hydrogen-bond donors (Lipinski definition) is 0. The van der Waals surface area contributed by atoms with Gasteiger partial charge in [-0.2, -0.15) is 0 Å². The highest BCUT2D eigenvalue weighted by Crippen LogP contribution is 2.45. The highest BCUT2D eigenvalue weighted by molar-refractivity contribution is 6.00. The zero-order chi connectivity index (χ0) is 21.6. The molecule has 1 heterocycles. The highest BCUT2D eigenvalue weighted by Gasteiger charge is 2.47. The van der Waals surface area contributed by atoms with Crippen LogP contribution in [0.4, 0.5) is 5.69 Å². The summed E-state index contributed by atoms with van der Waals surface area (Å²) in [6, 6.07) is 10.1. The van der Waals surface area contributed by atoms with Crippen LogP contribution in [0.1, 0.15) is 55.4 Å². The Morgan fingerprint density at radius 2 is 1.73 bits per heavy atom. The summed E-state index contributed by atoms with van der Waals surface area (Å²) in [6.07, 6.45) is 3.33. The number of amides is 1. The van der Waals surface area contributed by atoms with Crippen molar-refractivity contribution < 1.29 is 19.1 Å². The third kappa shape index (κ3) is 3.47. The molecule has 30 heavy (non-hydrogen) atoms. The van der Waals surface area contributed by atoms with Crippen molar-refractivity contribution in [2.24, 2.45) is 0 Å². The Labute approximate surface area is 178 Å². The standard InChI is InChI=1S/C25H29NO4/c1-15-16(2)23-21(17(3)22(15)29-18(4)27)13-14-25(5,30-23)24(28)26(20-11-12-20)19-9-7-6-8-10-19/h6-10,20H,11-14H2,1-5H3. The van der Waals surface area contributed by atoms with Crippen LogP contribution in [0.15, 0.2) is 30.3 Å². The van der Waals surface area contributed by atoms with E-state index in [0.29, 0.717) is 18.6 Å². The Bertz CT molecular complexity index is 1010. The lowest BCUT2D eigenvalue weighted by atomic mass is 9.86. The fourth-order valence-corrected chi connectivity index (χ4v) is 4.35. The van der Waals surface area contributed by atoms with E-state index in [1.807, 2.05) is 62.9 Å². The van der Waals surface area contributed by atoms with Gasteiger partial charge in [0.05, 0.1) is 0 Å². The Kier molecular flexibility index (Phi) is 5.08. The topological polar surface area (TPSA) is 55.8 Å². The summed E-state index contributed by atoms with van der Waals surface area (Å²) in [7, 11) is 0. The average molecular weight is 408 g/mol. The minimum absolute atomic E-state index is 0.0145. The number of hydrogen-bond acceptors (Lipinski definition) is 4. The molecule has 4 rings (SSSR count). The first-order valence-corrected chi connectivity index (χ1v) is 10.6. The maximum absolute atomic E-state index is 13.7. The molecule has 1 aliphatic heterocycles. The minimum Gasteiger partial charge on any atom is -0.477 e. The van der Waals surface area contributed by atoms with E-state index >= 15 is 0 Å². The van der Waals surface area contributed by atoms with Gasteiger partial charge >= 0.3 is 5.97 Å². The van der Waals surface area contributed by atoms with Crippen molar-refractivity contribution in [3.63, 3.8) is 0 Å². The van der Waals surface area contributed by atoms with Gasteiger partial charge in [-0.1, -0.05) is 18.2 Å². The second kappa shape index (κ2) is 7.46. The Hall–Kier alpha value is -2.82. The molecule has 0 bridgehead atoms. The van der Waals surface area contributed by atoms with Gasteiger partial charge in [-0.3, -0.25) is 9.59 Å². The van der Waals surface area contributed by atoms with E-state index in [2.05, 4.69) is 0 Å². The lowest BCUT2D eigenvalue weighted by Crippen LogP contribution is -2.53. The Morgan fingerprint density at radius 1 is 1.07 bits per heavy atom. The zero-order valence-corrected chi connectivity index (χ0v) is 18.4. The van der Waals surface area contributed by atoms with Gasteiger partial charge in [0.25, 0.3) is 5.91 Å². The maximum Gasteiger partial charge on any atom is 0.308 e. The number of anilines is 1. The molecule has 0 N–H and O–H groups in total. The molecule has 1 unspecified atom stereocenters. The number of carbonyl (C=O) groups is 2. The first kappa shape index (κ1) is 20.5. The van der Waals surface area contributed by atoms with Crippen molar-refractivity contribution >= 4 is 17.6 Å². The maximum atomic E-state index is 13.7.